The van der Waals surface area contributed by atoms with Crippen molar-refractivity contribution in [1.29, 1.82) is 0 Å². The van der Waals surface area contributed by atoms with Crippen molar-refractivity contribution in [3.8, 4) is 0 Å². The van der Waals surface area contributed by atoms with E-state index in [9.17, 15) is 4.79 Å². The summed E-state index contributed by atoms with van der Waals surface area (Å²) < 4.78 is 0. The first-order valence-electron chi connectivity index (χ1n) is 5.72. The van der Waals surface area contributed by atoms with E-state index in [1.54, 1.807) is 0 Å². The normalized spacial score (nSPS) is 34.4. The van der Waals surface area contributed by atoms with Crippen molar-refractivity contribution in [2.75, 3.05) is 4.90 Å². The molecule has 1 saturated heterocycles. The summed E-state index contributed by atoms with van der Waals surface area (Å²) in [4.78, 5) is 14.2. The smallest absolute Gasteiger partial charge is 0.231 e. The van der Waals surface area contributed by atoms with Gasteiger partial charge in [0.05, 0.1) is 5.54 Å². The fraction of sp³-hybridized carbons (Fsp3) is 0.462. The average Bonchev–Trinajstić information content (AvgIpc) is 3.11. The molecule has 1 amide bonds. The minimum absolute atomic E-state index is 0.253. The molecule has 1 aromatic rings. The molecule has 2 heteroatoms. The van der Waals surface area contributed by atoms with Crippen LogP contribution < -0.4 is 4.90 Å². The maximum absolute atomic E-state index is 12.1. The Balaban J connectivity index is 1.81. The van der Waals surface area contributed by atoms with Crippen LogP contribution in [0.4, 0.5) is 5.69 Å². The SMILES string of the molecule is O=C1C2CC2C2(CC2)N1c1ccccc1. The summed E-state index contributed by atoms with van der Waals surface area (Å²) in [6.07, 6.45) is 3.59. The third-order valence-corrected chi connectivity index (χ3v) is 4.24. The van der Waals surface area contributed by atoms with Gasteiger partial charge in [-0.3, -0.25) is 4.79 Å². The first-order chi connectivity index (χ1) is 7.33. The predicted octanol–water partition coefficient (Wildman–Crippen LogP) is 2.20. The summed E-state index contributed by atoms with van der Waals surface area (Å²) in [6.45, 7) is 0. The molecule has 2 atom stereocenters. The van der Waals surface area contributed by atoms with Crippen molar-refractivity contribution in [1.82, 2.24) is 0 Å². The van der Waals surface area contributed by atoms with Crippen molar-refractivity contribution in [2.45, 2.75) is 24.8 Å². The maximum atomic E-state index is 12.1. The van der Waals surface area contributed by atoms with Gasteiger partial charge >= 0.3 is 0 Å². The number of hydrogen-bond donors (Lipinski definition) is 0. The molecule has 2 unspecified atom stereocenters. The van der Waals surface area contributed by atoms with Gasteiger partial charge in [-0.25, -0.2) is 0 Å². The number of hydrogen-bond acceptors (Lipinski definition) is 1. The molecular formula is C13H13NO. The lowest BCUT2D eigenvalue weighted by Gasteiger charge is -2.27. The van der Waals surface area contributed by atoms with E-state index in [0.717, 1.165) is 12.1 Å². The van der Waals surface area contributed by atoms with E-state index in [4.69, 9.17) is 0 Å². The van der Waals surface area contributed by atoms with Crippen LogP contribution in [-0.2, 0) is 4.79 Å². The highest BCUT2D eigenvalue weighted by molar-refractivity contribution is 6.02. The molecule has 1 heterocycles. The van der Waals surface area contributed by atoms with Gasteiger partial charge in [0.1, 0.15) is 0 Å². The predicted molar refractivity (Wildman–Crippen MR) is 57.5 cm³/mol. The molecule has 76 valence electrons. The number of piperidine rings is 1. The van der Waals surface area contributed by atoms with E-state index < -0.39 is 0 Å². The Bertz CT molecular complexity index is 435. The number of para-hydroxylation sites is 1. The Labute approximate surface area is 88.9 Å². The van der Waals surface area contributed by atoms with Crippen LogP contribution in [0.15, 0.2) is 30.3 Å². The molecule has 2 aliphatic carbocycles. The minimum Gasteiger partial charge on any atom is -0.306 e. The molecule has 0 radical (unpaired) electrons. The lowest BCUT2D eigenvalue weighted by molar-refractivity contribution is -0.118. The van der Waals surface area contributed by atoms with Crippen LogP contribution in [0.2, 0.25) is 0 Å². The summed E-state index contributed by atoms with van der Waals surface area (Å²) in [5, 5.41) is 0. The zero-order chi connectivity index (χ0) is 10.0. The van der Waals surface area contributed by atoms with Gasteiger partial charge in [0.25, 0.3) is 0 Å². The van der Waals surface area contributed by atoms with Gasteiger partial charge in [-0.2, -0.15) is 0 Å². The monoisotopic (exact) mass is 199 g/mol. The third-order valence-electron chi connectivity index (χ3n) is 4.24. The van der Waals surface area contributed by atoms with Crippen LogP contribution >= 0.6 is 0 Å². The number of carbonyl (C=O) groups is 1. The minimum atomic E-state index is 0.253. The molecule has 4 rings (SSSR count). The second-order valence-corrected chi connectivity index (χ2v) is 5.06. The van der Waals surface area contributed by atoms with E-state index in [2.05, 4.69) is 17.0 Å². The summed E-state index contributed by atoms with van der Waals surface area (Å²) in [7, 11) is 0. The van der Waals surface area contributed by atoms with Crippen molar-refractivity contribution < 1.29 is 4.79 Å². The van der Waals surface area contributed by atoms with Crippen LogP contribution in [0.5, 0.6) is 0 Å². The molecule has 3 aliphatic rings. The third kappa shape index (κ3) is 0.834. The zero-order valence-corrected chi connectivity index (χ0v) is 8.52. The molecule has 2 saturated carbocycles. The summed E-state index contributed by atoms with van der Waals surface area (Å²) in [6, 6.07) is 10.2. The van der Waals surface area contributed by atoms with Gasteiger partial charge in [0.2, 0.25) is 5.91 Å². The van der Waals surface area contributed by atoms with Crippen molar-refractivity contribution in [3.63, 3.8) is 0 Å². The van der Waals surface area contributed by atoms with Crippen LogP contribution in [0, 0.1) is 11.8 Å². The first kappa shape index (κ1) is 7.91. The molecule has 1 aromatic carbocycles. The molecule has 0 N–H and O–H groups in total. The van der Waals surface area contributed by atoms with Gasteiger partial charge < -0.3 is 4.90 Å². The van der Waals surface area contributed by atoms with Crippen molar-refractivity contribution in [2.24, 2.45) is 11.8 Å². The van der Waals surface area contributed by atoms with E-state index >= 15 is 0 Å². The molecule has 0 bridgehead atoms. The number of carbonyl (C=O) groups excluding carboxylic acids is 1. The highest BCUT2D eigenvalue weighted by atomic mass is 16.2. The Kier molecular flexibility index (Phi) is 1.19. The highest BCUT2D eigenvalue weighted by Gasteiger charge is 2.72. The topological polar surface area (TPSA) is 20.3 Å². The summed E-state index contributed by atoms with van der Waals surface area (Å²) in [5.41, 5.74) is 1.36. The van der Waals surface area contributed by atoms with Crippen LogP contribution in [0.3, 0.4) is 0 Å². The largest absolute Gasteiger partial charge is 0.306 e. The number of fused-ring (bicyclic) bond motifs is 2. The molecule has 0 aromatic heterocycles. The van der Waals surface area contributed by atoms with Crippen LogP contribution in [-0.4, -0.2) is 11.4 Å². The lowest BCUT2D eigenvalue weighted by Crippen LogP contribution is -2.38. The Morgan fingerprint density at radius 2 is 1.93 bits per heavy atom. The lowest BCUT2D eigenvalue weighted by atomic mass is 10.1. The second kappa shape index (κ2) is 2.26. The van der Waals surface area contributed by atoms with Gasteiger partial charge in [-0.05, 0) is 37.3 Å². The van der Waals surface area contributed by atoms with Crippen molar-refractivity contribution in [3.05, 3.63) is 30.3 Å². The van der Waals surface area contributed by atoms with E-state index in [1.165, 1.54) is 12.8 Å². The summed E-state index contributed by atoms with van der Waals surface area (Å²) >= 11 is 0. The van der Waals surface area contributed by atoms with Gasteiger partial charge in [-0.1, -0.05) is 18.2 Å². The number of rotatable bonds is 1. The average molecular weight is 199 g/mol. The Hall–Kier alpha value is -1.31. The fourth-order valence-electron chi connectivity index (χ4n) is 3.30. The quantitative estimate of drug-likeness (QED) is 0.679. The number of nitrogens with zero attached hydrogens (tertiary/aromatic N) is 1. The Morgan fingerprint density at radius 3 is 2.60 bits per heavy atom. The summed E-state index contributed by atoms with van der Waals surface area (Å²) in [5.74, 6) is 1.43. The highest BCUT2D eigenvalue weighted by Crippen LogP contribution is 2.67. The molecule has 2 nitrogen and oxygen atoms in total. The van der Waals surface area contributed by atoms with Gasteiger partial charge in [0.15, 0.2) is 0 Å². The zero-order valence-electron chi connectivity index (χ0n) is 8.52. The number of anilines is 1. The molecule has 15 heavy (non-hydrogen) atoms. The van der Waals surface area contributed by atoms with E-state index in [1.807, 2.05) is 18.2 Å². The van der Waals surface area contributed by atoms with E-state index in [0.29, 0.717) is 17.7 Å². The van der Waals surface area contributed by atoms with Gasteiger partial charge in [-0.15, -0.1) is 0 Å². The number of amides is 1. The standard InChI is InChI=1S/C13H13NO/c15-12-10-8-11(10)13(6-7-13)14(12)9-4-2-1-3-5-9/h1-5,10-11H,6-8H2. The Morgan fingerprint density at radius 1 is 1.20 bits per heavy atom. The molecule has 1 spiro atoms. The van der Waals surface area contributed by atoms with Crippen molar-refractivity contribution >= 4 is 11.6 Å². The molecular weight excluding hydrogens is 186 g/mol. The van der Waals surface area contributed by atoms with E-state index in [-0.39, 0.29) is 5.54 Å². The molecule has 3 fully saturated rings. The fourth-order valence-corrected chi connectivity index (χ4v) is 3.30. The van der Waals surface area contributed by atoms with Crippen LogP contribution in [0.1, 0.15) is 19.3 Å². The number of benzene rings is 1. The van der Waals surface area contributed by atoms with Crippen LogP contribution in [0.25, 0.3) is 0 Å². The second-order valence-electron chi connectivity index (χ2n) is 5.06. The molecule has 1 aliphatic heterocycles. The maximum Gasteiger partial charge on any atom is 0.231 e. The first-order valence-corrected chi connectivity index (χ1v) is 5.72. The van der Waals surface area contributed by atoms with Gasteiger partial charge in [0, 0.05) is 11.6 Å².